The van der Waals surface area contributed by atoms with E-state index in [4.69, 9.17) is 23.4 Å². The normalized spacial score (nSPS) is 10.9. The highest BCUT2D eigenvalue weighted by Gasteiger charge is 2.07. The Morgan fingerprint density at radius 1 is 1.60 bits per heavy atom. The van der Waals surface area contributed by atoms with E-state index in [0.29, 0.717) is 11.1 Å². The van der Waals surface area contributed by atoms with Crippen molar-refractivity contribution in [3.05, 3.63) is 17.2 Å². The van der Waals surface area contributed by atoms with Gasteiger partial charge in [-0.3, -0.25) is 0 Å². The molecule has 1 rings (SSSR count). The minimum absolute atomic E-state index is 0.310. The smallest absolute Gasteiger partial charge is 0.148 e. The first-order chi connectivity index (χ1) is 4.61. The molecular weight excluding hydrogens is 171 g/mol. The van der Waals surface area contributed by atoms with Gasteiger partial charge in [-0.25, -0.2) is 9.07 Å². The second-order valence-corrected chi connectivity index (χ2v) is 3.14. The molecule has 0 saturated carbocycles. The average molecular weight is 179 g/mol. The summed E-state index contributed by atoms with van der Waals surface area (Å²) in [6, 6.07) is 0. The molecule has 0 aromatic carbocycles. The molecule has 0 atom stereocenters. The largest absolute Gasteiger partial charge is 0.244 e. The zero-order chi connectivity index (χ0) is 7.72. The molecule has 0 spiro atoms. The molecule has 0 amide bonds. The van der Waals surface area contributed by atoms with E-state index < -0.39 is 0 Å². The van der Waals surface area contributed by atoms with Gasteiger partial charge in [0.25, 0.3) is 0 Å². The van der Waals surface area contributed by atoms with Crippen LogP contribution in [-0.2, 0) is 0 Å². The van der Waals surface area contributed by atoms with Crippen LogP contribution in [0.25, 0.3) is 0 Å². The average Bonchev–Trinajstić information content (AvgIpc) is 2.10. The fourth-order valence-corrected chi connectivity index (χ4v) is 1.28. The van der Waals surface area contributed by atoms with Crippen molar-refractivity contribution in [2.24, 2.45) is 0 Å². The van der Waals surface area contributed by atoms with E-state index in [1.807, 2.05) is 13.8 Å². The molecule has 1 aromatic heterocycles. The zero-order valence-corrected chi connectivity index (χ0v) is 7.32. The van der Waals surface area contributed by atoms with Gasteiger partial charge in [0.15, 0.2) is 0 Å². The second-order valence-electron chi connectivity index (χ2n) is 2.39. The van der Waals surface area contributed by atoms with Crippen molar-refractivity contribution >= 4 is 23.4 Å². The molecule has 2 nitrogen and oxygen atoms in total. The number of hydrogen-bond donors (Lipinski definition) is 0. The predicted molar refractivity (Wildman–Crippen MR) is 42.6 cm³/mol. The van der Waals surface area contributed by atoms with E-state index >= 15 is 0 Å². The van der Waals surface area contributed by atoms with Crippen LogP contribution in [0.3, 0.4) is 0 Å². The Labute approximate surface area is 69.9 Å². The molecule has 0 radical (unpaired) electrons. The second kappa shape index (κ2) is 2.81. The monoisotopic (exact) mass is 178 g/mol. The van der Waals surface area contributed by atoms with Crippen LogP contribution < -0.4 is 0 Å². The summed E-state index contributed by atoms with van der Waals surface area (Å²) < 4.78 is 1.42. The summed E-state index contributed by atoms with van der Waals surface area (Å²) in [6.07, 6.45) is 1.58. The van der Waals surface area contributed by atoms with Crippen LogP contribution in [0.4, 0.5) is 0 Å². The fourth-order valence-electron chi connectivity index (χ4n) is 0.721. The number of imidazole rings is 1. The van der Waals surface area contributed by atoms with Crippen LogP contribution in [0.15, 0.2) is 6.20 Å². The highest BCUT2D eigenvalue weighted by Crippen LogP contribution is 2.17. The third kappa shape index (κ3) is 1.44. The van der Waals surface area contributed by atoms with Gasteiger partial charge in [-0.2, -0.15) is 0 Å². The summed E-state index contributed by atoms with van der Waals surface area (Å²) in [5, 5.41) is 0.443. The minimum Gasteiger partial charge on any atom is -0.244 e. The highest BCUT2D eigenvalue weighted by molar-refractivity contribution is 6.30. The maximum Gasteiger partial charge on any atom is 0.148 e. The molecule has 4 heteroatoms. The van der Waals surface area contributed by atoms with Crippen molar-refractivity contribution < 1.29 is 0 Å². The Hall–Kier alpha value is -0.210. The lowest BCUT2D eigenvalue weighted by atomic mass is 10.2. The number of halogens is 2. The highest BCUT2D eigenvalue weighted by atomic mass is 35.5. The number of rotatable bonds is 1. The Morgan fingerprint density at radius 3 is 2.40 bits per heavy atom. The quantitative estimate of drug-likeness (QED) is 0.647. The lowest BCUT2D eigenvalue weighted by Gasteiger charge is -1.99. The van der Waals surface area contributed by atoms with E-state index in [9.17, 15) is 0 Å². The predicted octanol–water partition coefficient (Wildman–Crippen LogP) is 2.66. The van der Waals surface area contributed by atoms with Crippen molar-refractivity contribution in [1.29, 1.82) is 0 Å². The Kier molecular flexibility index (Phi) is 2.21. The van der Waals surface area contributed by atoms with Crippen LogP contribution in [0.2, 0.25) is 5.15 Å². The third-order valence-corrected chi connectivity index (χ3v) is 1.63. The lowest BCUT2D eigenvalue weighted by Crippen LogP contribution is -1.94. The Morgan fingerprint density at radius 2 is 2.20 bits per heavy atom. The van der Waals surface area contributed by atoms with Crippen LogP contribution in [0.1, 0.15) is 25.6 Å². The first-order valence-corrected chi connectivity index (χ1v) is 3.74. The van der Waals surface area contributed by atoms with Gasteiger partial charge in [-0.05, 0) is 0 Å². The summed E-state index contributed by atoms with van der Waals surface area (Å²) in [7, 11) is 0. The first kappa shape index (κ1) is 7.89. The molecular formula is C6H8Cl2N2. The van der Waals surface area contributed by atoms with Crippen molar-refractivity contribution in [2.75, 3.05) is 0 Å². The summed E-state index contributed by atoms with van der Waals surface area (Å²) in [6.45, 7) is 4.02. The van der Waals surface area contributed by atoms with Gasteiger partial charge in [-0.15, -0.1) is 0 Å². The molecule has 0 aliphatic heterocycles. The molecule has 0 N–H and O–H groups in total. The van der Waals surface area contributed by atoms with Crippen LogP contribution in [0, 0.1) is 0 Å². The fraction of sp³-hybridized carbons (Fsp3) is 0.500. The van der Waals surface area contributed by atoms with Crippen molar-refractivity contribution in [1.82, 2.24) is 9.07 Å². The summed E-state index contributed by atoms with van der Waals surface area (Å²) in [5.74, 6) is 1.11. The number of aromatic nitrogens is 2. The molecule has 0 unspecified atom stereocenters. The molecule has 0 aliphatic carbocycles. The summed E-state index contributed by atoms with van der Waals surface area (Å²) in [4.78, 5) is 4.01. The van der Waals surface area contributed by atoms with Gasteiger partial charge in [0.1, 0.15) is 11.0 Å². The molecule has 0 aliphatic rings. The lowest BCUT2D eigenvalue weighted by molar-refractivity contribution is 0.777. The minimum atomic E-state index is 0.310. The Balaban J connectivity index is 3.03. The van der Waals surface area contributed by atoms with Gasteiger partial charge in [-0.1, -0.05) is 25.4 Å². The van der Waals surface area contributed by atoms with Gasteiger partial charge in [0, 0.05) is 17.7 Å². The molecule has 56 valence electrons. The van der Waals surface area contributed by atoms with Gasteiger partial charge >= 0.3 is 0 Å². The van der Waals surface area contributed by atoms with E-state index in [-0.39, 0.29) is 0 Å². The topological polar surface area (TPSA) is 17.8 Å². The van der Waals surface area contributed by atoms with Crippen molar-refractivity contribution in [3.8, 4) is 0 Å². The molecule has 0 bridgehead atoms. The van der Waals surface area contributed by atoms with Gasteiger partial charge in [0.2, 0.25) is 0 Å². The standard InChI is InChI=1S/C6H8Cl2N2/c1-4(2)6-9-5(7)3-10(6)8/h3-4H,1-2H3. The number of nitrogens with zero attached hydrogens (tertiary/aromatic N) is 2. The third-order valence-electron chi connectivity index (χ3n) is 1.18. The maximum atomic E-state index is 5.71. The van der Waals surface area contributed by atoms with E-state index in [0.717, 1.165) is 5.82 Å². The molecule has 1 heterocycles. The SMILES string of the molecule is CC(C)c1nc(Cl)cn1Cl. The van der Waals surface area contributed by atoms with E-state index in [1.54, 1.807) is 6.20 Å². The van der Waals surface area contributed by atoms with Gasteiger partial charge in [0.05, 0.1) is 6.20 Å². The Bertz CT molecular complexity index is 230. The number of hydrogen-bond acceptors (Lipinski definition) is 1. The van der Waals surface area contributed by atoms with E-state index in [1.165, 1.54) is 4.09 Å². The van der Waals surface area contributed by atoms with E-state index in [2.05, 4.69) is 4.98 Å². The van der Waals surface area contributed by atoms with Crippen LogP contribution >= 0.6 is 23.4 Å². The molecule has 10 heavy (non-hydrogen) atoms. The van der Waals surface area contributed by atoms with Crippen LogP contribution in [0.5, 0.6) is 0 Å². The molecule has 0 fully saturated rings. The molecule has 1 aromatic rings. The van der Waals surface area contributed by atoms with Gasteiger partial charge < -0.3 is 0 Å². The first-order valence-electron chi connectivity index (χ1n) is 3.02. The summed E-state index contributed by atoms with van der Waals surface area (Å²) >= 11 is 11.3. The van der Waals surface area contributed by atoms with Crippen molar-refractivity contribution in [3.63, 3.8) is 0 Å². The molecule has 0 saturated heterocycles. The van der Waals surface area contributed by atoms with Crippen LogP contribution in [-0.4, -0.2) is 9.07 Å². The van der Waals surface area contributed by atoms with Crippen molar-refractivity contribution in [2.45, 2.75) is 19.8 Å². The summed E-state index contributed by atoms with van der Waals surface area (Å²) in [5.41, 5.74) is 0. The maximum absolute atomic E-state index is 5.71. The zero-order valence-electron chi connectivity index (χ0n) is 5.81.